The fourth-order valence-corrected chi connectivity index (χ4v) is 4.28. The Morgan fingerprint density at radius 1 is 1.14 bits per heavy atom. The van der Waals surface area contributed by atoms with E-state index in [4.69, 9.17) is 13.9 Å². The van der Waals surface area contributed by atoms with Crippen molar-refractivity contribution >= 4 is 34.1 Å². The smallest absolute Gasteiger partial charge is 0.235 e. The molecule has 0 N–H and O–H groups in total. The molecule has 2 heterocycles. The number of para-hydroxylation sites is 1. The maximum Gasteiger partial charge on any atom is 0.235 e. The number of rotatable bonds is 8. The first-order valence-electron chi connectivity index (χ1n) is 8.98. The highest BCUT2D eigenvalue weighted by Gasteiger charge is 2.17. The molecule has 0 bridgehead atoms. The van der Waals surface area contributed by atoms with Crippen LogP contribution in [0.2, 0.25) is 0 Å². The van der Waals surface area contributed by atoms with Crippen molar-refractivity contribution in [1.82, 2.24) is 10.2 Å². The van der Waals surface area contributed by atoms with Crippen molar-refractivity contribution in [1.29, 1.82) is 0 Å². The Bertz CT molecular complexity index is 1140. The molecule has 0 radical (unpaired) electrons. The Balaban J connectivity index is 1.59. The van der Waals surface area contributed by atoms with Crippen LogP contribution >= 0.6 is 23.1 Å². The normalized spacial score (nSPS) is 10.9. The maximum atomic E-state index is 13.1. The molecule has 0 unspecified atom stereocenters. The van der Waals surface area contributed by atoms with Crippen LogP contribution in [0.5, 0.6) is 11.5 Å². The van der Waals surface area contributed by atoms with Gasteiger partial charge < -0.3 is 13.9 Å². The summed E-state index contributed by atoms with van der Waals surface area (Å²) < 4.78 is 18.1. The fourth-order valence-electron chi connectivity index (χ4n) is 2.81. The van der Waals surface area contributed by atoms with Crippen molar-refractivity contribution in [3.05, 3.63) is 64.3 Å². The van der Waals surface area contributed by atoms with E-state index in [1.807, 2.05) is 36.4 Å². The van der Waals surface area contributed by atoms with Gasteiger partial charge in [-0.15, -0.1) is 10.2 Å². The molecule has 2 aromatic heterocycles. The van der Waals surface area contributed by atoms with Crippen molar-refractivity contribution in [2.24, 2.45) is 0 Å². The molecule has 6 nitrogen and oxygen atoms in total. The second-order valence-corrected chi connectivity index (χ2v) is 8.24. The topological polar surface area (TPSA) is 74.5 Å². The van der Waals surface area contributed by atoms with Gasteiger partial charge in [0.05, 0.1) is 19.1 Å². The van der Waals surface area contributed by atoms with Crippen LogP contribution in [0.1, 0.15) is 6.42 Å². The zero-order chi connectivity index (χ0) is 20.1. The maximum absolute atomic E-state index is 13.1. The predicted molar refractivity (Wildman–Crippen MR) is 115 cm³/mol. The second kappa shape index (κ2) is 9.11. The number of methoxy groups -OCH3 is 1. The average Bonchev–Trinajstić information content (AvgIpc) is 3.28. The summed E-state index contributed by atoms with van der Waals surface area (Å²) >= 11 is 3.13. The summed E-state index contributed by atoms with van der Waals surface area (Å²) in [5.74, 6) is 2.21. The summed E-state index contributed by atoms with van der Waals surface area (Å²) in [6, 6.07) is 14.5. The third-order valence-electron chi connectivity index (χ3n) is 4.21. The van der Waals surface area contributed by atoms with Crippen molar-refractivity contribution < 1.29 is 13.9 Å². The van der Waals surface area contributed by atoms with Crippen molar-refractivity contribution in [2.45, 2.75) is 10.8 Å². The van der Waals surface area contributed by atoms with Gasteiger partial charge in [0, 0.05) is 11.3 Å². The highest BCUT2D eigenvalue weighted by Crippen LogP contribution is 2.32. The van der Waals surface area contributed by atoms with Gasteiger partial charge >= 0.3 is 0 Å². The van der Waals surface area contributed by atoms with E-state index in [-0.39, 0.29) is 11.2 Å². The molecule has 0 saturated carbocycles. The summed E-state index contributed by atoms with van der Waals surface area (Å²) in [7, 11) is 1.61. The minimum atomic E-state index is -0.172. The average molecular weight is 427 g/mol. The number of hydrogen-bond acceptors (Lipinski definition) is 8. The lowest BCUT2D eigenvalue weighted by Crippen LogP contribution is -2.11. The van der Waals surface area contributed by atoms with Crippen LogP contribution in [0, 0.1) is 0 Å². The molecule has 0 aliphatic rings. The van der Waals surface area contributed by atoms with Gasteiger partial charge in [-0.2, -0.15) is 0 Å². The number of thioether (sulfide) groups is 1. The monoisotopic (exact) mass is 426 g/mol. The molecular weight excluding hydrogens is 408 g/mol. The second-order valence-electron chi connectivity index (χ2n) is 6.07. The fraction of sp³-hybridized carbons (Fsp3) is 0.190. The van der Waals surface area contributed by atoms with Crippen LogP contribution in [0.25, 0.3) is 22.3 Å². The number of nitrogens with zero attached hydrogens (tertiary/aromatic N) is 2. The molecule has 4 aromatic rings. The van der Waals surface area contributed by atoms with Crippen LogP contribution in [0.4, 0.5) is 0 Å². The molecule has 4 rings (SSSR count). The zero-order valence-electron chi connectivity index (χ0n) is 15.7. The molecule has 0 aliphatic heterocycles. The molecule has 2 aromatic carbocycles. The number of aromatic nitrogens is 2. The van der Waals surface area contributed by atoms with Gasteiger partial charge in [0.1, 0.15) is 16.8 Å². The van der Waals surface area contributed by atoms with Gasteiger partial charge in [-0.25, -0.2) is 0 Å². The molecule has 0 spiro atoms. The molecule has 0 aliphatic carbocycles. The Hall–Kier alpha value is -2.84. The summed E-state index contributed by atoms with van der Waals surface area (Å²) in [5, 5.41) is 8.33. The lowest BCUT2D eigenvalue weighted by Gasteiger charge is -2.12. The standard InChI is InChI=1S/C21H18N2O4S2/c1-25-15-9-7-14(8-10-15)19-20(18(24)16-5-2-3-6-17(16)27-19)26-11-4-12-28-21-23-22-13-29-21/h2-3,5-10,13H,4,11-12H2,1H3. The van der Waals surface area contributed by atoms with E-state index in [0.717, 1.165) is 27.8 Å². The predicted octanol–water partition coefficient (Wildman–Crippen LogP) is 4.88. The summed E-state index contributed by atoms with van der Waals surface area (Å²) in [6.07, 6.45) is 0.762. The minimum Gasteiger partial charge on any atom is -0.497 e. The molecule has 0 atom stereocenters. The molecule has 0 amide bonds. The lowest BCUT2D eigenvalue weighted by molar-refractivity contribution is 0.310. The first kappa shape index (κ1) is 19.5. The summed E-state index contributed by atoms with van der Waals surface area (Å²) in [4.78, 5) is 13.1. The number of ether oxygens (including phenoxy) is 2. The molecule has 29 heavy (non-hydrogen) atoms. The lowest BCUT2D eigenvalue weighted by atomic mass is 10.1. The summed E-state index contributed by atoms with van der Waals surface area (Å²) in [6.45, 7) is 0.401. The zero-order valence-corrected chi connectivity index (χ0v) is 17.3. The SMILES string of the molecule is COc1ccc(-c2oc3ccccc3c(=O)c2OCCCSc2nncs2)cc1. The van der Waals surface area contributed by atoms with Gasteiger partial charge in [-0.3, -0.25) is 4.79 Å². The molecule has 148 valence electrons. The van der Waals surface area contributed by atoms with Crippen LogP contribution in [0.15, 0.2) is 67.6 Å². The van der Waals surface area contributed by atoms with Crippen LogP contribution in [-0.4, -0.2) is 29.7 Å². The van der Waals surface area contributed by atoms with Crippen LogP contribution in [0.3, 0.4) is 0 Å². The number of hydrogen-bond donors (Lipinski definition) is 0. The molecule has 0 saturated heterocycles. The highest BCUT2D eigenvalue weighted by atomic mass is 32.2. The van der Waals surface area contributed by atoms with E-state index < -0.39 is 0 Å². The van der Waals surface area contributed by atoms with E-state index in [0.29, 0.717) is 23.3 Å². The van der Waals surface area contributed by atoms with E-state index in [1.165, 1.54) is 11.3 Å². The van der Waals surface area contributed by atoms with E-state index in [2.05, 4.69) is 10.2 Å². The quantitative estimate of drug-likeness (QED) is 0.294. The van der Waals surface area contributed by atoms with Gasteiger partial charge in [0.25, 0.3) is 0 Å². The van der Waals surface area contributed by atoms with Crippen molar-refractivity contribution in [3.8, 4) is 22.8 Å². The Morgan fingerprint density at radius 3 is 2.72 bits per heavy atom. The minimum absolute atomic E-state index is 0.172. The van der Waals surface area contributed by atoms with Gasteiger partial charge in [0.15, 0.2) is 10.1 Å². The number of fused-ring (bicyclic) bond motifs is 1. The van der Waals surface area contributed by atoms with Gasteiger partial charge in [0.2, 0.25) is 11.2 Å². The number of benzene rings is 2. The van der Waals surface area contributed by atoms with Crippen LogP contribution in [-0.2, 0) is 0 Å². The van der Waals surface area contributed by atoms with Crippen molar-refractivity contribution in [2.75, 3.05) is 19.5 Å². The Kier molecular flexibility index (Phi) is 6.12. The van der Waals surface area contributed by atoms with Crippen LogP contribution < -0.4 is 14.9 Å². The Labute approximate surface area is 175 Å². The van der Waals surface area contributed by atoms with Gasteiger partial charge in [-0.1, -0.05) is 35.2 Å². The largest absolute Gasteiger partial charge is 0.497 e. The first-order valence-corrected chi connectivity index (χ1v) is 10.8. The molecule has 8 heteroatoms. The van der Waals surface area contributed by atoms with Gasteiger partial charge in [-0.05, 0) is 42.8 Å². The van der Waals surface area contributed by atoms with Crippen molar-refractivity contribution in [3.63, 3.8) is 0 Å². The third-order valence-corrected chi connectivity index (χ3v) is 6.16. The molecule has 0 fully saturated rings. The van der Waals surface area contributed by atoms with E-state index in [1.54, 1.807) is 36.5 Å². The summed E-state index contributed by atoms with van der Waals surface area (Å²) in [5.41, 5.74) is 2.82. The third kappa shape index (κ3) is 4.44. The van der Waals surface area contributed by atoms with E-state index >= 15 is 0 Å². The first-order chi connectivity index (χ1) is 14.3. The van der Waals surface area contributed by atoms with E-state index in [9.17, 15) is 4.79 Å². The highest BCUT2D eigenvalue weighted by molar-refractivity contribution is 8.00. The Morgan fingerprint density at radius 2 is 1.97 bits per heavy atom. The molecular formula is C21H18N2O4S2.